The van der Waals surface area contributed by atoms with Gasteiger partial charge in [0.15, 0.2) is 0 Å². The Hall–Kier alpha value is -1.59. The SMILES string of the molecule is CNc1cc(C)ccc1C(=O)N(CCCOC)CCOC. The number of carbonyl (C=O) groups excluding carboxylic acids is 1. The molecule has 1 rings (SSSR count). The minimum Gasteiger partial charge on any atom is -0.387 e. The molecule has 0 unspecified atom stereocenters. The molecule has 0 aromatic heterocycles. The molecule has 0 saturated carbocycles. The van der Waals surface area contributed by atoms with Gasteiger partial charge in [-0.2, -0.15) is 0 Å². The molecule has 0 aliphatic rings. The largest absolute Gasteiger partial charge is 0.387 e. The van der Waals surface area contributed by atoms with Gasteiger partial charge < -0.3 is 19.7 Å². The number of hydrogen-bond acceptors (Lipinski definition) is 4. The summed E-state index contributed by atoms with van der Waals surface area (Å²) in [7, 11) is 5.14. The minimum absolute atomic E-state index is 0.0208. The van der Waals surface area contributed by atoms with Crippen molar-refractivity contribution in [1.82, 2.24) is 4.90 Å². The summed E-state index contributed by atoms with van der Waals surface area (Å²) in [6.07, 6.45) is 0.812. The number of benzene rings is 1. The molecule has 0 spiro atoms. The molecule has 0 fully saturated rings. The van der Waals surface area contributed by atoms with Crippen LogP contribution in [0.5, 0.6) is 0 Å². The van der Waals surface area contributed by atoms with E-state index in [-0.39, 0.29) is 5.91 Å². The van der Waals surface area contributed by atoms with Gasteiger partial charge in [0, 0.05) is 46.7 Å². The Labute approximate surface area is 127 Å². The number of nitrogens with zero attached hydrogens (tertiary/aromatic N) is 1. The van der Waals surface area contributed by atoms with E-state index >= 15 is 0 Å². The lowest BCUT2D eigenvalue weighted by Crippen LogP contribution is -2.35. The molecule has 0 saturated heterocycles. The maximum Gasteiger partial charge on any atom is 0.256 e. The highest BCUT2D eigenvalue weighted by atomic mass is 16.5. The number of rotatable bonds is 9. The fraction of sp³-hybridized carbons (Fsp3) is 0.562. The summed E-state index contributed by atoms with van der Waals surface area (Å²) in [4.78, 5) is 14.5. The second-order valence-corrected chi connectivity index (χ2v) is 4.93. The molecular formula is C16H26N2O3. The van der Waals surface area contributed by atoms with Crippen LogP contribution in [-0.2, 0) is 9.47 Å². The van der Waals surface area contributed by atoms with Crippen LogP contribution in [0.25, 0.3) is 0 Å². The molecule has 0 aliphatic heterocycles. The standard InChI is InChI=1S/C16H26N2O3/c1-13-6-7-14(15(12-13)17-2)16(19)18(9-11-21-4)8-5-10-20-3/h6-7,12,17H,5,8-11H2,1-4H3. The summed E-state index contributed by atoms with van der Waals surface area (Å²) in [5.74, 6) is 0.0208. The van der Waals surface area contributed by atoms with Crippen LogP contribution in [0.3, 0.4) is 0 Å². The van der Waals surface area contributed by atoms with Gasteiger partial charge in [-0.1, -0.05) is 6.07 Å². The molecule has 0 heterocycles. The van der Waals surface area contributed by atoms with Gasteiger partial charge in [0.05, 0.1) is 12.2 Å². The molecule has 1 aromatic rings. The zero-order valence-electron chi connectivity index (χ0n) is 13.4. The Bertz CT molecular complexity index is 449. The normalized spacial score (nSPS) is 10.5. The highest BCUT2D eigenvalue weighted by Gasteiger charge is 2.18. The first-order valence-electron chi connectivity index (χ1n) is 7.19. The number of carbonyl (C=O) groups is 1. The predicted octanol–water partition coefficient (Wildman–Crippen LogP) is 2.16. The van der Waals surface area contributed by atoms with E-state index in [1.54, 1.807) is 14.2 Å². The van der Waals surface area contributed by atoms with E-state index in [2.05, 4.69) is 5.32 Å². The van der Waals surface area contributed by atoms with Crippen LogP contribution in [0.1, 0.15) is 22.3 Å². The Morgan fingerprint density at radius 1 is 1.19 bits per heavy atom. The van der Waals surface area contributed by atoms with Crippen LogP contribution in [0.4, 0.5) is 5.69 Å². The highest BCUT2D eigenvalue weighted by Crippen LogP contribution is 2.19. The second-order valence-electron chi connectivity index (χ2n) is 4.93. The van der Waals surface area contributed by atoms with E-state index in [1.807, 2.05) is 37.1 Å². The van der Waals surface area contributed by atoms with Crippen LogP contribution in [-0.4, -0.2) is 58.4 Å². The zero-order chi connectivity index (χ0) is 15.7. The van der Waals surface area contributed by atoms with Crippen molar-refractivity contribution in [2.75, 3.05) is 52.9 Å². The average molecular weight is 294 g/mol. The number of ether oxygens (including phenoxy) is 2. The van der Waals surface area contributed by atoms with Crippen molar-refractivity contribution < 1.29 is 14.3 Å². The molecule has 0 bridgehead atoms. The van der Waals surface area contributed by atoms with Gasteiger partial charge in [-0.3, -0.25) is 4.79 Å². The second kappa shape index (κ2) is 9.37. The monoisotopic (exact) mass is 294 g/mol. The molecule has 0 aliphatic carbocycles. The van der Waals surface area contributed by atoms with Crippen LogP contribution >= 0.6 is 0 Å². The van der Waals surface area contributed by atoms with E-state index < -0.39 is 0 Å². The van der Waals surface area contributed by atoms with Gasteiger partial charge in [0.2, 0.25) is 0 Å². The number of aryl methyl sites for hydroxylation is 1. The molecule has 21 heavy (non-hydrogen) atoms. The maximum atomic E-state index is 12.7. The van der Waals surface area contributed by atoms with Gasteiger partial charge in [0.25, 0.3) is 5.91 Å². The summed E-state index contributed by atoms with van der Waals surface area (Å²) >= 11 is 0. The maximum absolute atomic E-state index is 12.7. The van der Waals surface area contributed by atoms with Crippen LogP contribution in [0, 0.1) is 6.92 Å². The molecule has 1 N–H and O–H groups in total. The average Bonchev–Trinajstić information content (AvgIpc) is 2.50. The van der Waals surface area contributed by atoms with E-state index in [1.165, 1.54) is 0 Å². The van der Waals surface area contributed by atoms with Crippen molar-refractivity contribution in [1.29, 1.82) is 0 Å². The van der Waals surface area contributed by atoms with E-state index in [0.717, 1.165) is 17.7 Å². The molecule has 0 radical (unpaired) electrons. The third-order valence-corrected chi connectivity index (χ3v) is 3.30. The summed E-state index contributed by atoms with van der Waals surface area (Å²) < 4.78 is 10.2. The lowest BCUT2D eigenvalue weighted by atomic mass is 10.1. The Kier molecular flexibility index (Phi) is 7.79. The Balaban J connectivity index is 2.87. The van der Waals surface area contributed by atoms with E-state index in [0.29, 0.717) is 31.9 Å². The topological polar surface area (TPSA) is 50.8 Å². The Morgan fingerprint density at radius 2 is 1.90 bits per heavy atom. The fourth-order valence-electron chi connectivity index (χ4n) is 2.14. The smallest absolute Gasteiger partial charge is 0.256 e. The van der Waals surface area contributed by atoms with E-state index in [4.69, 9.17) is 9.47 Å². The minimum atomic E-state index is 0.0208. The van der Waals surface area contributed by atoms with Crippen molar-refractivity contribution >= 4 is 11.6 Å². The summed E-state index contributed by atoms with van der Waals surface area (Å²) in [5, 5.41) is 3.09. The summed E-state index contributed by atoms with van der Waals surface area (Å²) in [6.45, 7) is 4.42. The molecular weight excluding hydrogens is 268 g/mol. The third-order valence-electron chi connectivity index (χ3n) is 3.30. The van der Waals surface area contributed by atoms with Crippen molar-refractivity contribution in [3.8, 4) is 0 Å². The van der Waals surface area contributed by atoms with Crippen LogP contribution < -0.4 is 5.32 Å². The van der Waals surface area contributed by atoms with Crippen molar-refractivity contribution in [2.24, 2.45) is 0 Å². The molecule has 1 aromatic carbocycles. The first-order valence-corrected chi connectivity index (χ1v) is 7.19. The van der Waals surface area contributed by atoms with E-state index in [9.17, 15) is 4.79 Å². The first kappa shape index (κ1) is 17.5. The van der Waals surface area contributed by atoms with Crippen molar-refractivity contribution in [3.63, 3.8) is 0 Å². The van der Waals surface area contributed by atoms with Crippen molar-refractivity contribution in [2.45, 2.75) is 13.3 Å². The lowest BCUT2D eigenvalue weighted by Gasteiger charge is -2.23. The number of nitrogens with one attached hydrogen (secondary N) is 1. The van der Waals surface area contributed by atoms with Gasteiger partial charge in [-0.15, -0.1) is 0 Å². The first-order chi connectivity index (χ1) is 10.1. The van der Waals surface area contributed by atoms with Gasteiger partial charge in [-0.25, -0.2) is 0 Å². The van der Waals surface area contributed by atoms with Gasteiger partial charge >= 0.3 is 0 Å². The highest BCUT2D eigenvalue weighted by molar-refractivity contribution is 5.99. The lowest BCUT2D eigenvalue weighted by molar-refractivity contribution is 0.0675. The molecule has 118 valence electrons. The summed E-state index contributed by atoms with van der Waals surface area (Å²) in [5.41, 5.74) is 2.67. The number of amides is 1. The zero-order valence-corrected chi connectivity index (χ0v) is 13.4. The van der Waals surface area contributed by atoms with Gasteiger partial charge in [-0.05, 0) is 31.0 Å². The number of methoxy groups -OCH3 is 2. The Morgan fingerprint density at radius 3 is 2.52 bits per heavy atom. The summed E-state index contributed by atoms with van der Waals surface area (Å²) in [6, 6.07) is 5.81. The van der Waals surface area contributed by atoms with Crippen molar-refractivity contribution in [3.05, 3.63) is 29.3 Å². The third kappa shape index (κ3) is 5.36. The predicted molar refractivity (Wildman–Crippen MR) is 85.0 cm³/mol. The van der Waals surface area contributed by atoms with Gasteiger partial charge in [0.1, 0.15) is 0 Å². The fourth-order valence-corrected chi connectivity index (χ4v) is 2.14. The quantitative estimate of drug-likeness (QED) is 0.709. The van der Waals surface area contributed by atoms with Crippen LogP contribution in [0.15, 0.2) is 18.2 Å². The molecule has 5 heteroatoms. The number of anilines is 1. The molecule has 1 amide bonds. The van der Waals surface area contributed by atoms with Crippen LogP contribution in [0.2, 0.25) is 0 Å². The number of hydrogen-bond donors (Lipinski definition) is 1. The molecule has 5 nitrogen and oxygen atoms in total. The molecule has 0 atom stereocenters.